The minimum absolute atomic E-state index is 0.0957. The normalized spacial score (nSPS) is 11.0. The van der Waals surface area contributed by atoms with Gasteiger partial charge in [-0.1, -0.05) is 23.7 Å². The summed E-state index contributed by atoms with van der Waals surface area (Å²) in [5.74, 6) is -0.511. The molecule has 0 aliphatic carbocycles. The van der Waals surface area contributed by atoms with Gasteiger partial charge in [0, 0.05) is 11.2 Å². The first-order chi connectivity index (χ1) is 9.06. The second-order valence-corrected chi connectivity index (χ2v) is 4.21. The first kappa shape index (κ1) is 13.1. The molecule has 0 fully saturated rings. The quantitative estimate of drug-likeness (QED) is 0.732. The highest BCUT2D eigenvalue weighted by Crippen LogP contribution is 2.11. The summed E-state index contributed by atoms with van der Waals surface area (Å²) in [7, 11) is 0. The highest BCUT2D eigenvalue weighted by Gasteiger charge is 2.04. The SMILES string of the molecule is O=c1[nH]c(O)c(C=NCc2cccc(Cl)c2)c(=O)[nH]1. The minimum atomic E-state index is -0.769. The van der Waals surface area contributed by atoms with Gasteiger partial charge in [0.2, 0.25) is 5.88 Å². The van der Waals surface area contributed by atoms with E-state index in [4.69, 9.17) is 11.6 Å². The third-order valence-corrected chi connectivity index (χ3v) is 2.58. The van der Waals surface area contributed by atoms with Crippen molar-refractivity contribution in [3.8, 4) is 5.88 Å². The molecule has 0 saturated heterocycles. The summed E-state index contributed by atoms with van der Waals surface area (Å²) >= 11 is 5.82. The molecule has 98 valence electrons. The van der Waals surface area contributed by atoms with Crippen molar-refractivity contribution in [2.75, 3.05) is 0 Å². The van der Waals surface area contributed by atoms with Gasteiger partial charge in [-0.05, 0) is 17.7 Å². The topological polar surface area (TPSA) is 98.3 Å². The van der Waals surface area contributed by atoms with Crippen LogP contribution in [0.4, 0.5) is 0 Å². The van der Waals surface area contributed by atoms with E-state index in [-0.39, 0.29) is 5.56 Å². The third-order valence-electron chi connectivity index (χ3n) is 2.34. The molecule has 0 aliphatic rings. The fraction of sp³-hybridized carbons (Fsp3) is 0.0833. The van der Waals surface area contributed by atoms with Crippen LogP contribution in [0, 0.1) is 0 Å². The second-order valence-electron chi connectivity index (χ2n) is 3.77. The minimum Gasteiger partial charge on any atom is -0.494 e. The molecule has 0 unspecified atom stereocenters. The van der Waals surface area contributed by atoms with Crippen molar-refractivity contribution >= 4 is 17.8 Å². The smallest absolute Gasteiger partial charge is 0.328 e. The van der Waals surface area contributed by atoms with E-state index in [9.17, 15) is 14.7 Å². The number of halogens is 1. The highest BCUT2D eigenvalue weighted by atomic mass is 35.5. The number of rotatable bonds is 3. The van der Waals surface area contributed by atoms with Gasteiger partial charge in [0.05, 0.1) is 6.54 Å². The molecule has 2 rings (SSSR count). The van der Waals surface area contributed by atoms with Crippen LogP contribution in [-0.4, -0.2) is 21.3 Å². The van der Waals surface area contributed by atoms with Crippen molar-refractivity contribution < 1.29 is 5.11 Å². The Balaban J connectivity index is 2.20. The Hall–Kier alpha value is -2.34. The van der Waals surface area contributed by atoms with Gasteiger partial charge in [-0.3, -0.25) is 19.8 Å². The average molecular weight is 280 g/mol. The second kappa shape index (κ2) is 5.53. The maximum atomic E-state index is 11.4. The lowest BCUT2D eigenvalue weighted by Gasteiger charge is -1.98. The Morgan fingerprint density at radius 2 is 2.11 bits per heavy atom. The van der Waals surface area contributed by atoms with Gasteiger partial charge in [0.25, 0.3) is 5.56 Å². The van der Waals surface area contributed by atoms with Gasteiger partial charge >= 0.3 is 5.69 Å². The molecule has 0 amide bonds. The Bertz CT molecular complexity index is 733. The third kappa shape index (κ3) is 3.32. The van der Waals surface area contributed by atoms with E-state index in [1.807, 2.05) is 11.1 Å². The lowest BCUT2D eigenvalue weighted by atomic mass is 10.2. The van der Waals surface area contributed by atoms with E-state index in [0.717, 1.165) is 5.56 Å². The number of nitrogens with zero attached hydrogens (tertiary/aromatic N) is 1. The van der Waals surface area contributed by atoms with E-state index in [1.165, 1.54) is 6.21 Å². The summed E-state index contributed by atoms with van der Waals surface area (Å²) in [5.41, 5.74) is -0.698. The number of benzene rings is 1. The molecule has 1 aromatic heterocycles. The van der Waals surface area contributed by atoms with Crippen LogP contribution in [0.1, 0.15) is 11.1 Å². The molecule has 0 aliphatic heterocycles. The first-order valence-corrected chi connectivity index (χ1v) is 5.74. The number of aromatic amines is 2. The number of aliphatic imine (C=N–C) groups is 1. The van der Waals surface area contributed by atoms with E-state index in [1.54, 1.807) is 18.2 Å². The molecule has 1 aromatic carbocycles. The van der Waals surface area contributed by atoms with Crippen LogP contribution in [0.5, 0.6) is 5.88 Å². The van der Waals surface area contributed by atoms with Crippen LogP contribution in [0.3, 0.4) is 0 Å². The van der Waals surface area contributed by atoms with Crippen molar-refractivity contribution in [2.24, 2.45) is 4.99 Å². The van der Waals surface area contributed by atoms with Crippen LogP contribution in [0.15, 0.2) is 38.8 Å². The number of hydrogen-bond acceptors (Lipinski definition) is 4. The molecule has 0 spiro atoms. The lowest BCUT2D eigenvalue weighted by Crippen LogP contribution is -2.24. The van der Waals surface area contributed by atoms with Crippen molar-refractivity contribution in [3.05, 3.63) is 61.3 Å². The van der Waals surface area contributed by atoms with Crippen LogP contribution in [0.2, 0.25) is 5.02 Å². The van der Waals surface area contributed by atoms with Gasteiger partial charge in [-0.15, -0.1) is 0 Å². The maximum absolute atomic E-state index is 11.4. The molecule has 19 heavy (non-hydrogen) atoms. The number of aromatic nitrogens is 2. The van der Waals surface area contributed by atoms with Crippen molar-refractivity contribution in [3.63, 3.8) is 0 Å². The largest absolute Gasteiger partial charge is 0.494 e. The number of nitrogens with one attached hydrogen (secondary N) is 2. The molecule has 0 saturated carbocycles. The summed E-state index contributed by atoms with van der Waals surface area (Å²) in [5, 5.41) is 10.0. The van der Waals surface area contributed by atoms with Crippen molar-refractivity contribution in [2.45, 2.75) is 6.54 Å². The zero-order valence-corrected chi connectivity index (χ0v) is 10.4. The van der Waals surface area contributed by atoms with Crippen molar-refractivity contribution in [1.82, 2.24) is 9.97 Å². The molecule has 0 atom stereocenters. The number of H-pyrrole nitrogens is 2. The molecular weight excluding hydrogens is 270 g/mol. The summed E-state index contributed by atoms with van der Waals surface area (Å²) in [4.78, 5) is 30.4. The molecule has 3 N–H and O–H groups in total. The predicted molar refractivity (Wildman–Crippen MR) is 72.1 cm³/mol. The Kier molecular flexibility index (Phi) is 3.82. The van der Waals surface area contributed by atoms with Crippen LogP contribution >= 0.6 is 11.6 Å². The molecule has 0 bridgehead atoms. The van der Waals surface area contributed by atoms with Crippen LogP contribution in [-0.2, 0) is 6.54 Å². The maximum Gasteiger partial charge on any atom is 0.328 e. The monoisotopic (exact) mass is 279 g/mol. The van der Waals surface area contributed by atoms with Gasteiger partial charge in [-0.25, -0.2) is 4.79 Å². The zero-order valence-electron chi connectivity index (χ0n) is 9.68. The number of hydrogen-bond donors (Lipinski definition) is 3. The summed E-state index contributed by atoms with van der Waals surface area (Å²) in [6.45, 7) is 0.304. The molecule has 6 nitrogen and oxygen atoms in total. The summed E-state index contributed by atoms with van der Waals surface area (Å²) in [6, 6.07) is 7.11. The Morgan fingerprint density at radius 1 is 1.32 bits per heavy atom. The molecule has 7 heteroatoms. The van der Waals surface area contributed by atoms with Crippen molar-refractivity contribution in [1.29, 1.82) is 0 Å². The lowest BCUT2D eigenvalue weighted by molar-refractivity contribution is 0.447. The van der Waals surface area contributed by atoms with E-state index in [2.05, 4.69) is 9.98 Å². The number of aromatic hydroxyl groups is 1. The van der Waals surface area contributed by atoms with Gasteiger partial charge in [0.1, 0.15) is 5.56 Å². The Labute approximate surface area is 112 Å². The van der Waals surface area contributed by atoms with Crippen LogP contribution in [0.25, 0.3) is 0 Å². The van der Waals surface area contributed by atoms with Gasteiger partial charge in [0.15, 0.2) is 0 Å². The van der Waals surface area contributed by atoms with E-state index in [0.29, 0.717) is 11.6 Å². The Morgan fingerprint density at radius 3 is 2.79 bits per heavy atom. The predicted octanol–water partition coefficient (Wildman–Crippen LogP) is 1.04. The van der Waals surface area contributed by atoms with Crippen LogP contribution < -0.4 is 11.2 Å². The molecular formula is C12H10ClN3O3. The zero-order chi connectivity index (χ0) is 13.8. The fourth-order valence-electron chi connectivity index (χ4n) is 1.48. The standard InChI is InChI=1S/C12H10ClN3O3/c13-8-3-1-2-7(4-8)5-14-6-9-10(17)15-12(19)16-11(9)18/h1-4,6H,5H2,(H3,15,16,17,18,19). The summed E-state index contributed by atoms with van der Waals surface area (Å²) in [6.07, 6.45) is 1.20. The van der Waals surface area contributed by atoms with Gasteiger partial charge in [-0.2, -0.15) is 0 Å². The molecule has 1 heterocycles. The summed E-state index contributed by atoms with van der Waals surface area (Å²) < 4.78 is 0. The molecule has 2 aromatic rings. The first-order valence-electron chi connectivity index (χ1n) is 5.36. The highest BCUT2D eigenvalue weighted by molar-refractivity contribution is 6.30. The van der Waals surface area contributed by atoms with E-state index < -0.39 is 17.1 Å². The van der Waals surface area contributed by atoms with Gasteiger partial charge < -0.3 is 5.11 Å². The molecule has 0 radical (unpaired) electrons. The van der Waals surface area contributed by atoms with E-state index >= 15 is 0 Å². The average Bonchev–Trinajstić information content (AvgIpc) is 2.32. The fourth-order valence-corrected chi connectivity index (χ4v) is 1.69.